The van der Waals surface area contributed by atoms with E-state index in [1.54, 1.807) is 23.2 Å². The van der Waals surface area contributed by atoms with Gasteiger partial charge < -0.3 is 14.1 Å². The summed E-state index contributed by atoms with van der Waals surface area (Å²) in [4.78, 5) is 14.8. The van der Waals surface area contributed by atoms with Crippen molar-refractivity contribution in [3.63, 3.8) is 0 Å². The Morgan fingerprint density at radius 1 is 1.35 bits per heavy atom. The monoisotopic (exact) mass is 313 g/mol. The maximum Gasteiger partial charge on any atom is 0.258 e. The average Bonchev–Trinajstić information content (AvgIpc) is 3.22. The minimum absolute atomic E-state index is 0.132. The van der Waals surface area contributed by atoms with Gasteiger partial charge >= 0.3 is 0 Å². The Morgan fingerprint density at radius 3 is 3.09 bits per heavy atom. The smallest absolute Gasteiger partial charge is 0.258 e. The largest absolute Gasteiger partial charge is 0.464 e. The van der Waals surface area contributed by atoms with Crippen molar-refractivity contribution in [2.24, 2.45) is 0 Å². The lowest BCUT2D eigenvalue weighted by Crippen LogP contribution is -2.43. The van der Waals surface area contributed by atoms with Crippen LogP contribution in [0.15, 0.2) is 34.9 Å². The number of ether oxygens (including phenoxy) is 1. The second kappa shape index (κ2) is 5.47. The molecule has 3 aromatic heterocycles. The van der Waals surface area contributed by atoms with Crippen molar-refractivity contribution in [3.8, 4) is 0 Å². The van der Waals surface area contributed by atoms with Crippen molar-refractivity contribution in [2.75, 3.05) is 19.8 Å². The van der Waals surface area contributed by atoms with Gasteiger partial charge in [0.05, 0.1) is 18.8 Å². The summed E-state index contributed by atoms with van der Waals surface area (Å²) >= 11 is 0. The number of amides is 1. The normalized spacial score (nSPS) is 18.5. The van der Waals surface area contributed by atoms with Gasteiger partial charge in [0, 0.05) is 12.7 Å². The number of carbonyl (C=O) groups excluding carboxylic acids is 1. The van der Waals surface area contributed by atoms with Crippen LogP contribution in [0.4, 0.5) is 0 Å². The molecule has 8 nitrogen and oxygen atoms in total. The molecule has 4 heterocycles. The highest BCUT2D eigenvalue weighted by molar-refractivity contribution is 5.99. The molecule has 8 heteroatoms. The number of nitrogens with zero attached hydrogens (tertiary/aromatic N) is 5. The quantitative estimate of drug-likeness (QED) is 0.707. The lowest BCUT2D eigenvalue weighted by atomic mass is 10.1. The molecule has 1 fully saturated rings. The van der Waals surface area contributed by atoms with Crippen LogP contribution in [0.5, 0.6) is 0 Å². The zero-order chi connectivity index (χ0) is 15.8. The summed E-state index contributed by atoms with van der Waals surface area (Å²) < 4.78 is 12.7. The van der Waals surface area contributed by atoms with E-state index in [2.05, 4.69) is 15.5 Å². The third-order valence-electron chi connectivity index (χ3n) is 3.93. The molecule has 1 aliphatic heterocycles. The molecule has 23 heavy (non-hydrogen) atoms. The van der Waals surface area contributed by atoms with Crippen LogP contribution in [0.25, 0.3) is 5.65 Å². The van der Waals surface area contributed by atoms with E-state index in [1.807, 2.05) is 19.1 Å². The van der Waals surface area contributed by atoms with Crippen LogP contribution < -0.4 is 0 Å². The number of rotatable bonds is 2. The summed E-state index contributed by atoms with van der Waals surface area (Å²) in [5, 5.41) is 11.4. The van der Waals surface area contributed by atoms with Crippen molar-refractivity contribution in [3.05, 3.63) is 47.5 Å². The van der Waals surface area contributed by atoms with Crippen LogP contribution in [-0.2, 0) is 4.74 Å². The van der Waals surface area contributed by atoms with Crippen LogP contribution >= 0.6 is 0 Å². The SMILES string of the molecule is Cc1ccc(C2COCCN2C(=O)c2cccn3nnnc23)o1. The third kappa shape index (κ3) is 2.36. The fourth-order valence-electron chi connectivity index (χ4n) is 2.80. The minimum Gasteiger partial charge on any atom is -0.464 e. The first-order chi connectivity index (χ1) is 11.2. The van der Waals surface area contributed by atoms with Gasteiger partial charge in [0.15, 0.2) is 5.65 Å². The van der Waals surface area contributed by atoms with E-state index >= 15 is 0 Å². The van der Waals surface area contributed by atoms with Gasteiger partial charge in [-0.3, -0.25) is 4.79 Å². The first kappa shape index (κ1) is 13.9. The number of aryl methyl sites for hydroxylation is 1. The first-order valence-electron chi connectivity index (χ1n) is 7.36. The molecule has 0 bridgehead atoms. The van der Waals surface area contributed by atoms with Crippen LogP contribution in [-0.4, -0.2) is 50.6 Å². The van der Waals surface area contributed by atoms with Gasteiger partial charge in [0.25, 0.3) is 5.91 Å². The zero-order valence-electron chi connectivity index (χ0n) is 12.5. The van der Waals surface area contributed by atoms with Crippen LogP contribution in [0, 0.1) is 6.92 Å². The zero-order valence-corrected chi connectivity index (χ0v) is 12.5. The molecule has 3 aromatic rings. The highest BCUT2D eigenvalue weighted by atomic mass is 16.5. The molecule has 0 saturated carbocycles. The van der Waals surface area contributed by atoms with Gasteiger partial charge in [-0.05, 0) is 41.6 Å². The molecule has 1 amide bonds. The molecular weight excluding hydrogens is 298 g/mol. The molecule has 1 saturated heterocycles. The topological polar surface area (TPSA) is 85.8 Å². The van der Waals surface area contributed by atoms with Crippen molar-refractivity contribution in [2.45, 2.75) is 13.0 Å². The summed E-state index contributed by atoms with van der Waals surface area (Å²) in [6.07, 6.45) is 1.71. The predicted molar refractivity (Wildman–Crippen MR) is 78.8 cm³/mol. The van der Waals surface area contributed by atoms with Gasteiger partial charge in [-0.15, -0.1) is 5.10 Å². The van der Waals surface area contributed by atoms with E-state index in [0.717, 1.165) is 11.5 Å². The Bertz CT molecular complexity index is 856. The number of furan rings is 1. The summed E-state index contributed by atoms with van der Waals surface area (Å²) in [7, 11) is 0. The van der Waals surface area contributed by atoms with E-state index in [0.29, 0.717) is 31.0 Å². The molecule has 1 unspecified atom stereocenters. The number of hydrogen-bond donors (Lipinski definition) is 0. The molecule has 0 N–H and O–H groups in total. The highest BCUT2D eigenvalue weighted by Crippen LogP contribution is 2.27. The summed E-state index contributed by atoms with van der Waals surface area (Å²) in [5.41, 5.74) is 0.908. The molecule has 0 spiro atoms. The van der Waals surface area contributed by atoms with E-state index in [1.165, 1.54) is 4.52 Å². The lowest BCUT2D eigenvalue weighted by Gasteiger charge is -2.34. The maximum absolute atomic E-state index is 13.0. The molecule has 0 aliphatic carbocycles. The fourth-order valence-corrected chi connectivity index (χ4v) is 2.80. The van der Waals surface area contributed by atoms with Gasteiger partial charge in [-0.2, -0.15) is 4.52 Å². The molecular formula is C15H15N5O3. The standard InChI is InChI=1S/C15H15N5O3/c1-10-4-5-13(23-10)12-9-22-8-7-19(12)15(21)11-3-2-6-20-14(11)16-17-18-20/h2-6,12H,7-9H2,1H3. The van der Waals surface area contributed by atoms with Crippen LogP contribution in [0.2, 0.25) is 0 Å². The molecule has 1 aliphatic rings. The van der Waals surface area contributed by atoms with Gasteiger partial charge in [0.1, 0.15) is 17.6 Å². The average molecular weight is 313 g/mol. The number of morpholine rings is 1. The number of aromatic nitrogens is 4. The second-order valence-corrected chi connectivity index (χ2v) is 5.41. The minimum atomic E-state index is -0.249. The number of tetrazole rings is 1. The third-order valence-corrected chi connectivity index (χ3v) is 3.93. The predicted octanol–water partition coefficient (Wildman–Crippen LogP) is 1.24. The number of pyridine rings is 1. The summed E-state index contributed by atoms with van der Waals surface area (Å²) in [6.45, 7) is 3.27. The number of hydrogen-bond acceptors (Lipinski definition) is 6. The molecule has 0 aromatic carbocycles. The first-order valence-corrected chi connectivity index (χ1v) is 7.36. The van der Waals surface area contributed by atoms with Crippen LogP contribution in [0.3, 0.4) is 0 Å². The van der Waals surface area contributed by atoms with Crippen molar-refractivity contribution < 1.29 is 13.9 Å². The molecule has 118 valence electrons. The van der Waals surface area contributed by atoms with Crippen molar-refractivity contribution in [1.29, 1.82) is 0 Å². The van der Waals surface area contributed by atoms with Gasteiger partial charge in [-0.25, -0.2) is 0 Å². The lowest BCUT2D eigenvalue weighted by molar-refractivity contribution is -0.00888. The Labute approximate surface area is 131 Å². The summed E-state index contributed by atoms with van der Waals surface area (Å²) in [5.74, 6) is 1.40. The van der Waals surface area contributed by atoms with E-state index in [9.17, 15) is 4.79 Å². The second-order valence-electron chi connectivity index (χ2n) is 5.41. The Morgan fingerprint density at radius 2 is 2.26 bits per heavy atom. The summed E-state index contributed by atoms with van der Waals surface area (Å²) in [6, 6.07) is 7.00. The van der Waals surface area contributed by atoms with Gasteiger partial charge in [0.2, 0.25) is 0 Å². The molecule has 0 radical (unpaired) electrons. The molecule has 4 rings (SSSR count). The van der Waals surface area contributed by atoms with E-state index in [-0.39, 0.29) is 11.9 Å². The van der Waals surface area contributed by atoms with Crippen molar-refractivity contribution >= 4 is 11.6 Å². The highest BCUT2D eigenvalue weighted by Gasteiger charge is 2.32. The Hall–Kier alpha value is -2.74. The Kier molecular flexibility index (Phi) is 3.30. The van der Waals surface area contributed by atoms with Crippen LogP contribution in [0.1, 0.15) is 27.9 Å². The Balaban J connectivity index is 1.72. The van der Waals surface area contributed by atoms with Gasteiger partial charge in [-0.1, -0.05) is 0 Å². The fraction of sp³-hybridized carbons (Fsp3) is 0.333. The van der Waals surface area contributed by atoms with E-state index in [4.69, 9.17) is 9.15 Å². The number of carbonyl (C=O) groups is 1. The maximum atomic E-state index is 13.0. The number of fused-ring (bicyclic) bond motifs is 1. The molecule has 1 atom stereocenters. The van der Waals surface area contributed by atoms with Crippen molar-refractivity contribution in [1.82, 2.24) is 24.9 Å². The van der Waals surface area contributed by atoms with E-state index < -0.39 is 0 Å².